The zero-order valence-corrected chi connectivity index (χ0v) is 6.13. The molecule has 0 saturated heterocycles. The van der Waals surface area contributed by atoms with E-state index in [1.165, 1.54) is 6.08 Å². The van der Waals surface area contributed by atoms with E-state index in [4.69, 9.17) is 5.26 Å². The van der Waals surface area contributed by atoms with Crippen LogP contribution in [0.3, 0.4) is 0 Å². The van der Waals surface area contributed by atoms with Gasteiger partial charge in [-0.3, -0.25) is 0 Å². The summed E-state index contributed by atoms with van der Waals surface area (Å²) in [7, 11) is 0. The molecule has 1 rings (SSSR count). The molecule has 0 atom stereocenters. The number of allylic oxidation sites excluding steroid dienone is 2. The summed E-state index contributed by atoms with van der Waals surface area (Å²) in [5, 5.41) is 8.59. The second-order valence-corrected chi connectivity index (χ2v) is 2.45. The van der Waals surface area contributed by atoms with Gasteiger partial charge in [-0.1, -0.05) is 0 Å². The molecule has 0 saturated carbocycles. The van der Waals surface area contributed by atoms with Crippen LogP contribution in [-0.4, -0.2) is 6.08 Å². The largest absolute Gasteiger partial charge is 0.240 e. The molecule has 3 heteroatoms. The van der Waals surface area contributed by atoms with Crippen molar-refractivity contribution in [2.24, 2.45) is 4.99 Å². The van der Waals surface area contributed by atoms with Crippen LogP contribution < -0.4 is 0 Å². The molecule has 0 amide bonds. The summed E-state index contributed by atoms with van der Waals surface area (Å²) in [6.45, 7) is 0. The van der Waals surface area contributed by atoms with Gasteiger partial charge in [0, 0.05) is 0 Å². The lowest BCUT2D eigenvalue weighted by Gasteiger charge is -2.09. The van der Waals surface area contributed by atoms with E-state index in [0.717, 1.165) is 25.7 Å². The van der Waals surface area contributed by atoms with Crippen molar-refractivity contribution in [1.29, 1.82) is 5.26 Å². The molecule has 0 aromatic carbocycles. The van der Waals surface area contributed by atoms with Gasteiger partial charge >= 0.3 is 0 Å². The van der Waals surface area contributed by atoms with E-state index in [-0.39, 0.29) is 0 Å². The van der Waals surface area contributed by atoms with Gasteiger partial charge in [0.1, 0.15) is 0 Å². The Kier molecular flexibility index (Phi) is 2.59. The van der Waals surface area contributed by atoms with Crippen LogP contribution in [0.4, 0.5) is 0 Å². The van der Waals surface area contributed by atoms with E-state index in [0.29, 0.717) is 11.3 Å². The van der Waals surface area contributed by atoms with Gasteiger partial charge in [-0.2, -0.15) is 10.3 Å². The van der Waals surface area contributed by atoms with Crippen molar-refractivity contribution in [3.05, 3.63) is 11.3 Å². The summed E-state index contributed by atoms with van der Waals surface area (Å²) < 4.78 is 0. The minimum absolute atomic E-state index is 0.633. The predicted octanol–water partition coefficient (Wildman–Crippen LogP) is 1.67. The molecule has 0 unspecified atom stereocenters. The first kappa shape index (κ1) is 7.71. The van der Waals surface area contributed by atoms with Gasteiger partial charge in [-0.15, -0.1) is 0 Å². The lowest BCUT2D eigenvalue weighted by atomic mass is 9.98. The lowest BCUT2D eigenvalue weighted by Crippen LogP contribution is -1.95. The van der Waals surface area contributed by atoms with E-state index in [2.05, 4.69) is 4.99 Å². The maximum Gasteiger partial charge on any atom is 0.240 e. The Hall–Kier alpha value is -1.39. The molecule has 56 valence electrons. The molecule has 0 radical (unpaired) electrons. The average molecular weight is 148 g/mol. The molecule has 11 heavy (non-hydrogen) atoms. The summed E-state index contributed by atoms with van der Waals surface area (Å²) >= 11 is 0. The van der Waals surface area contributed by atoms with Crippen LogP contribution >= 0.6 is 0 Å². The van der Waals surface area contributed by atoms with Gasteiger partial charge in [0.25, 0.3) is 0 Å². The second kappa shape index (κ2) is 3.70. The number of nitriles is 1. The van der Waals surface area contributed by atoms with Crippen LogP contribution in [0.15, 0.2) is 16.3 Å². The van der Waals surface area contributed by atoms with Crippen LogP contribution in [0.5, 0.6) is 0 Å². The standard InChI is InChI=1S/C8H8N2O/c9-5-7-3-1-2-4-8(7)10-6-11/h1-4H2. The van der Waals surface area contributed by atoms with E-state index in [1.807, 2.05) is 6.07 Å². The molecular formula is C8H8N2O. The third kappa shape index (κ3) is 1.76. The summed E-state index contributed by atoms with van der Waals surface area (Å²) in [6.07, 6.45) is 5.02. The van der Waals surface area contributed by atoms with Gasteiger partial charge in [-0.25, -0.2) is 4.79 Å². The summed E-state index contributed by atoms with van der Waals surface area (Å²) in [5.74, 6) is 0. The van der Waals surface area contributed by atoms with E-state index >= 15 is 0 Å². The SMILES string of the molecule is N#CC1=C(N=C=O)CCCC1. The fourth-order valence-electron chi connectivity index (χ4n) is 1.19. The number of hydrogen-bond donors (Lipinski definition) is 0. The Morgan fingerprint density at radius 2 is 2.09 bits per heavy atom. The molecular weight excluding hydrogens is 140 g/mol. The predicted molar refractivity (Wildman–Crippen MR) is 39.2 cm³/mol. The summed E-state index contributed by atoms with van der Waals surface area (Å²) in [4.78, 5) is 13.4. The maximum absolute atomic E-state index is 9.90. The number of isocyanates is 1. The first-order chi connectivity index (χ1) is 5.38. The fourth-order valence-corrected chi connectivity index (χ4v) is 1.19. The highest BCUT2D eigenvalue weighted by Gasteiger charge is 2.10. The molecule has 1 aliphatic rings. The maximum atomic E-state index is 9.90. The van der Waals surface area contributed by atoms with Gasteiger partial charge in [0.2, 0.25) is 6.08 Å². The number of aliphatic imine (C=N–C) groups is 1. The van der Waals surface area contributed by atoms with E-state index in [9.17, 15) is 4.79 Å². The Morgan fingerprint density at radius 3 is 2.73 bits per heavy atom. The first-order valence-corrected chi connectivity index (χ1v) is 3.58. The van der Waals surface area contributed by atoms with Gasteiger partial charge in [0.15, 0.2) is 0 Å². The van der Waals surface area contributed by atoms with Crippen molar-refractivity contribution >= 4 is 6.08 Å². The lowest BCUT2D eigenvalue weighted by molar-refractivity contribution is 0.563. The first-order valence-electron chi connectivity index (χ1n) is 3.58. The fraction of sp³-hybridized carbons (Fsp3) is 0.500. The highest BCUT2D eigenvalue weighted by atomic mass is 16.1. The molecule has 0 bridgehead atoms. The van der Waals surface area contributed by atoms with Crippen LogP contribution in [0.2, 0.25) is 0 Å². The quantitative estimate of drug-likeness (QED) is 0.419. The molecule has 1 aliphatic carbocycles. The highest BCUT2D eigenvalue weighted by molar-refractivity contribution is 5.40. The van der Waals surface area contributed by atoms with Crippen molar-refractivity contribution < 1.29 is 4.79 Å². The molecule has 0 fully saturated rings. The normalized spacial score (nSPS) is 17.0. The Morgan fingerprint density at radius 1 is 1.36 bits per heavy atom. The minimum atomic E-state index is 0.633. The Bertz CT molecular complexity index is 266. The summed E-state index contributed by atoms with van der Waals surface area (Å²) in [6, 6.07) is 2.05. The van der Waals surface area contributed by atoms with Gasteiger partial charge in [-0.05, 0) is 25.7 Å². The molecule has 0 aromatic rings. The van der Waals surface area contributed by atoms with Crippen molar-refractivity contribution in [3.8, 4) is 6.07 Å². The average Bonchev–Trinajstić information content (AvgIpc) is 2.06. The Labute approximate surface area is 65.0 Å². The molecule has 0 spiro atoms. The summed E-state index contributed by atoms with van der Waals surface area (Å²) in [5.41, 5.74) is 1.29. The number of rotatable bonds is 1. The number of nitrogens with zero attached hydrogens (tertiary/aromatic N) is 2. The second-order valence-electron chi connectivity index (χ2n) is 2.45. The highest BCUT2D eigenvalue weighted by Crippen LogP contribution is 2.24. The van der Waals surface area contributed by atoms with Crippen molar-refractivity contribution in [2.75, 3.05) is 0 Å². The van der Waals surface area contributed by atoms with E-state index < -0.39 is 0 Å². The van der Waals surface area contributed by atoms with Crippen LogP contribution in [0.25, 0.3) is 0 Å². The smallest absolute Gasteiger partial charge is 0.211 e. The minimum Gasteiger partial charge on any atom is -0.211 e. The van der Waals surface area contributed by atoms with Crippen LogP contribution in [-0.2, 0) is 4.79 Å². The molecule has 0 aromatic heterocycles. The topological polar surface area (TPSA) is 53.2 Å². The molecule has 3 nitrogen and oxygen atoms in total. The zero-order valence-electron chi connectivity index (χ0n) is 6.13. The van der Waals surface area contributed by atoms with Crippen molar-refractivity contribution in [3.63, 3.8) is 0 Å². The van der Waals surface area contributed by atoms with Crippen molar-refractivity contribution in [2.45, 2.75) is 25.7 Å². The zero-order chi connectivity index (χ0) is 8.10. The molecule has 0 heterocycles. The van der Waals surface area contributed by atoms with Crippen molar-refractivity contribution in [1.82, 2.24) is 0 Å². The third-order valence-electron chi connectivity index (χ3n) is 1.75. The van der Waals surface area contributed by atoms with Crippen LogP contribution in [0.1, 0.15) is 25.7 Å². The van der Waals surface area contributed by atoms with Gasteiger partial charge < -0.3 is 0 Å². The van der Waals surface area contributed by atoms with Gasteiger partial charge in [0.05, 0.1) is 17.3 Å². The van der Waals surface area contributed by atoms with E-state index in [1.54, 1.807) is 0 Å². The molecule has 0 N–H and O–H groups in total. The Balaban J connectivity index is 2.92. The van der Waals surface area contributed by atoms with Crippen LogP contribution in [0, 0.1) is 11.3 Å². The molecule has 0 aliphatic heterocycles. The monoisotopic (exact) mass is 148 g/mol. The number of hydrogen-bond acceptors (Lipinski definition) is 3. The third-order valence-corrected chi connectivity index (χ3v) is 1.75. The number of carbonyl (C=O) groups excluding carboxylic acids is 1.